The summed E-state index contributed by atoms with van der Waals surface area (Å²) in [7, 11) is 0. The molecule has 0 amide bonds. The van der Waals surface area contributed by atoms with Gasteiger partial charge in [-0.2, -0.15) is 16.9 Å². The van der Waals surface area contributed by atoms with E-state index in [-0.39, 0.29) is 0 Å². The van der Waals surface area contributed by atoms with Crippen LogP contribution < -0.4 is 0 Å². The summed E-state index contributed by atoms with van der Waals surface area (Å²) in [5.74, 6) is -0.275. The number of carboxylic acid groups (broad SMARTS) is 1. The zero-order valence-corrected chi connectivity index (χ0v) is 6.52. The third kappa shape index (κ3) is 3.45. The van der Waals surface area contributed by atoms with E-state index in [2.05, 4.69) is 5.11 Å². The Kier molecular flexibility index (Phi) is 4.92. The number of carboxylic acids is 1. The quantitative estimate of drug-likeness (QED) is 0.597. The van der Waals surface area contributed by atoms with Crippen molar-refractivity contribution in [3.8, 4) is 0 Å². The number of hydrogen-bond acceptors (Lipinski definition) is 4. The van der Waals surface area contributed by atoms with Crippen molar-refractivity contribution in [2.45, 2.75) is 12.5 Å². The molecule has 0 aromatic rings. The maximum absolute atomic E-state index is 10.2. The molecule has 0 radical (unpaired) electrons. The number of thioether (sulfide) groups is 1. The topological polar surface area (TPSA) is 73.5 Å². The monoisotopic (exact) mass is 162 g/mol. The van der Waals surface area contributed by atoms with Gasteiger partial charge in [0, 0.05) is 0 Å². The molecule has 58 valence electrons. The fourth-order valence-corrected chi connectivity index (χ4v) is 0.932. The Morgan fingerprint density at radius 1 is 1.90 bits per heavy atom. The normalized spacial score (nSPS) is 12.5. The van der Waals surface area contributed by atoms with Crippen LogP contribution in [-0.2, 0) is 4.79 Å². The van der Waals surface area contributed by atoms with E-state index in [4.69, 9.17) is 10.6 Å². The molecule has 0 rings (SSSR count). The van der Waals surface area contributed by atoms with Crippen LogP contribution in [0.3, 0.4) is 0 Å². The lowest BCUT2D eigenvalue weighted by Gasteiger charge is -2.01. The van der Waals surface area contributed by atoms with E-state index >= 15 is 0 Å². The lowest BCUT2D eigenvalue weighted by molar-refractivity contribution is -0.138. The number of aliphatic carboxylic acids is 1. The average molecular weight is 162 g/mol. The summed E-state index contributed by atoms with van der Waals surface area (Å²) in [5, 5.41) is 11.3. The van der Waals surface area contributed by atoms with Gasteiger partial charge >= 0.3 is 5.97 Å². The number of nitrogens with one attached hydrogen (secondary N) is 1. The van der Waals surface area contributed by atoms with Crippen molar-refractivity contribution >= 4 is 17.7 Å². The van der Waals surface area contributed by atoms with E-state index in [0.29, 0.717) is 6.42 Å². The van der Waals surface area contributed by atoms with E-state index in [1.54, 1.807) is 11.8 Å². The van der Waals surface area contributed by atoms with E-state index in [1.807, 2.05) is 6.26 Å². The second-order valence-corrected chi connectivity index (χ2v) is 2.75. The molecule has 0 bridgehead atoms. The highest BCUT2D eigenvalue weighted by atomic mass is 32.2. The van der Waals surface area contributed by atoms with E-state index in [9.17, 15) is 4.79 Å². The van der Waals surface area contributed by atoms with Crippen molar-refractivity contribution in [1.29, 1.82) is 5.53 Å². The minimum atomic E-state index is -1.01. The Morgan fingerprint density at radius 2 is 2.50 bits per heavy atom. The molecule has 0 spiro atoms. The molecule has 0 aliphatic heterocycles. The molecule has 0 aliphatic carbocycles. The molecule has 0 unspecified atom stereocenters. The smallest absolute Gasteiger partial charge is 0.330 e. The SMILES string of the molecule is CSCC[C@H](N=N)C(=O)O. The summed E-state index contributed by atoms with van der Waals surface area (Å²) in [6.07, 6.45) is 2.34. The van der Waals surface area contributed by atoms with E-state index in [0.717, 1.165) is 5.75 Å². The second kappa shape index (κ2) is 5.22. The molecule has 1 atom stereocenters. The molecular weight excluding hydrogens is 152 g/mol. The van der Waals surface area contributed by atoms with E-state index in [1.165, 1.54) is 0 Å². The summed E-state index contributed by atoms with van der Waals surface area (Å²) in [6, 6.07) is -0.840. The molecule has 0 aromatic carbocycles. The van der Waals surface area contributed by atoms with Gasteiger partial charge in [-0.1, -0.05) is 0 Å². The molecular formula is C5H10N2O2S. The minimum Gasteiger partial charge on any atom is -0.480 e. The van der Waals surface area contributed by atoms with Gasteiger partial charge in [0.15, 0.2) is 6.04 Å². The molecule has 10 heavy (non-hydrogen) atoms. The summed E-state index contributed by atoms with van der Waals surface area (Å²) < 4.78 is 0. The average Bonchev–Trinajstić information content (AvgIpc) is 1.89. The van der Waals surface area contributed by atoms with Gasteiger partial charge in [-0.25, -0.2) is 10.3 Å². The summed E-state index contributed by atoms with van der Waals surface area (Å²) >= 11 is 1.56. The standard InChI is InChI=1S/C5H10N2O2S/c1-10-3-2-4(7-6)5(8)9/h4,6H,2-3H2,1H3,(H,8,9)/t4-/m0/s1. The summed E-state index contributed by atoms with van der Waals surface area (Å²) in [6.45, 7) is 0. The van der Waals surface area contributed by atoms with Crippen LogP contribution in [0.5, 0.6) is 0 Å². The number of nitrogens with zero attached hydrogens (tertiary/aromatic N) is 1. The van der Waals surface area contributed by atoms with Crippen LogP contribution in [0.15, 0.2) is 5.11 Å². The molecule has 0 saturated heterocycles. The largest absolute Gasteiger partial charge is 0.480 e. The van der Waals surface area contributed by atoms with Gasteiger partial charge in [0.05, 0.1) is 0 Å². The van der Waals surface area contributed by atoms with Crippen LogP contribution in [0.1, 0.15) is 6.42 Å². The van der Waals surface area contributed by atoms with Gasteiger partial charge in [0.25, 0.3) is 0 Å². The fraction of sp³-hybridized carbons (Fsp3) is 0.800. The van der Waals surface area contributed by atoms with Crippen molar-refractivity contribution in [3.63, 3.8) is 0 Å². The second-order valence-electron chi connectivity index (χ2n) is 1.76. The highest BCUT2D eigenvalue weighted by molar-refractivity contribution is 7.98. The van der Waals surface area contributed by atoms with Crippen LogP contribution in [0, 0.1) is 5.53 Å². The maximum Gasteiger partial charge on any atom is 0.330 e. The Balaban J connectivity index is 3.60. The third-order valence-electron chi connectivity index (χ3n) is 1.04. The lowest BCUT2D eigenvalue weighted by Crippen LogP contribution is -2.17. The highest BCUT2D eigenvalue weighted by Gasteiger charge is 2.14. The predicted octanol–water partition coefficient (Wildman–Crippen LogP) is 1.22. The van der Waals surface area contributed by atoms with Gasteiger partial charge < -0.3 is 5.11 Å². The third-order valence-corrected chi connectivity index (χ3v) is 1.68. The molecule has 0 heterocycles. The first-order valence-electron chi connectivity index (χ1n) is 2.80. The van der Waals surface area contributed by atoms with Crippen LogP contribution in [0.25, 0.3) is 0 Å². The molecule has 4 nitrogen and oxygen atoms in total. The number of hydrogen-bond donors (Lipinski definition) is 2. The predicted molar refractivity (Wildman–Crippen MR) is 39.6 cm³/mol. The first-order chi connectivity index (χ1) is 4.72. The van der Waals surface area contributed by atoms with Crippen molar-refractivity contribution in [1.82, 2.24) is 0 Å². The Morgan fingerprint density at radius 3 is 2.80 bits per heavy atom. The van der Waals surface area contributed by atoms with Gasteiger partial charge in [-0.15, -0.1) is 0 Å². The first kappa shape index (κ1) is 9.42. The Labute approximate surface area is 63.5 Å². The molecule has 0 saturated carbocycles. The van der Waals surface area contributed by atoms with Crippen LogP contribution in [0.4, 0.5) is 0 Å². The zero-order valence-electron chi connectivity index (χ0n) is 5.70. The lowest BCUT2D eigenvalue weighted by atomic mass is 10.2. The van der Waals surface area contributed by atoms with Crippen molar-refractivity contribution in [2.24, 2.45) is 5.11 Å². The van der Waals surface area contributed by atoms with Gasteiger partial charge in [0.2, 0.25) is 0 Å². The first-order valence-corrected chi connectivity index (χ1v) is 4.20. The molecule has 0 aromatic heterocycles. The zero-order chi connectivity index (χ0) is 7.98. The van der Waals surface area contributed by atoms with Crippen molar-refractivity contribution in [3.05, 3.63) is 0 Å². The molecule has 0 fully saturated rings. The van der Waals surface area contributed by atoms with Crippen LogP contribution in [-0.4, -0.2) is 29.1 Å². The van der Waals surface area contributed by atoms with E-state index < -0.39 is 12.0 Å². The Hall–Kier alpha value is -0.580. The summed E-state index contributed by atoms with van der Waals surface area (Å²) in [4.78, 5) is 10.2. The number of carbonyl (C=O) groups is 1. The molecule has 0 aliphatic rings. The van der Waals surface area contributed by atoms with Crippen molar-refractivity contribution in [2.75, 3.05) is 12.0 Å². The highest BCUT2D eigenvalue weighted by Crippen LogP contribution is 2.03. The van der Waals surface area contributed by atoms with Crippen LogP contribution >= 0.6 is 11.8 Å². The van der Waals surface area contributed by atoms with Crippen molar-refractivity contribution < 1.29 is 9.90 Å². The fourth-order valence-electron chi connectivity index (χ4n) is 0.473. The molecule has 5 heteroatoms. The summed E-state index contributed by atoms with van der Waals surface area (Å²) in [5.41, 5.74) is 6.50. The minimum absolute atomic E-state index is 0.444. The number of rotatable bonds is 5. The van der Waals surface area contributed by atoms with Gasteiger partial charge in [0.1, 0.15) is 0 Å². The van der Waals surface area contributed by atoms with Gasteiger partial charge in [-0.3, -0.25) is 0 Å². The Bertz CT molecular complexity index is 129. The van der Waals surface area contributed by atoms with Gasteiger partial charge in [-0.05, 0) is 18.4 Å². The molecule has 2 N–H and O–H groups in total. The maximum atomic E-state index is 10.2. The van der Waals surface area contributed by atoms with Crippen LogP contribution in [0.2, 0.25) is 0 Å².